The predicted molar refractivity (Wildman–Crippen MR) is 53.9 cm³/mol. The highest BCUT2D eigenvalue weighted by Crippen LogP contribution is 1.86. The van der Waals surface area contributed by atoms with Crippen molar-refractivity contribution in [3.8, 4) is 0 Å². The fourth-order valence-corrected chi connectivity index (χ4v) is 0.943. The Morgan fingerprint density at radius 2 is 2.00 bits per heavy atom. The Morgan fingerprint density at radius 1 is 1.17 bits per heavy atom. The van der Waals surface area contributed by atoms with E-state index in [0.29, 0.717) is 0 Å². The molecule has 0 spiro atoms. The molecule has 2 nitrogen and oxygen atoms in total. The van der Waals surface area contributed by atoms with Crippen LogP contribution in [0.4, 0.5) is 0 Å². The van der Waals surface area contributed by atoms with Crippen molar-refractivity contribution >= 4 is 11.6 Å². The second kappa shape index (κ2) is 11.2. The topological polar surface area (TPSA) is 21.3 Å². The van der Waals surface area contributed by atoms with Gasteiger partial charge in [-0.05, 0) is 19.4 Å². The maximum absolute atomic E-state index is 5.51. The SMILES string of the molecule is CCCCOCCNCCCCl. The van der Waals surface area contributed by atoms with Gasteiger partial charge in [0.1, 0.15) is 0 Å². The molecule has 0 aromatic rings. The number of hydrogen-bond acceptors (Lipinski definition) is 2. The molecular weight excluding hydrogens is 174 g/mol. The van der Waals surface area contributed by atoms with E-state index in [1.807, 2.05) is 0 Å². The maximum atomic E-state index is 5.51. The van der Waals surface area contributed by atoms with Gasteiger partial charge in [0, 0.05) is 19.0 Å². The predicted octanol–water partition coefficient (Wildman–Crippen LogP) is 2.02. The zero-order chi connectivity index (χ0) is 9.07. The first-order valence-electron chi connectivity index (χ1n) is 4.76. The van der Waals surface area contributed by atoms with E-state index in [-0.39, 0.29) is 0 Å². The van der Waals surface area contributed by atoms with Gasteiger partial charge in [-0.25, -0.2) is 0 Å². The molecule has 0 aliphatic carbocycles. The van der Waals surface area contributed by atoms with Crippen molar-refractivity contribution in [1.29, 1.82) is 0 Å². The lowest BCUT2D eigenvalue weighted by atomic mass is 10.4. The van der Waals surface area contributed by atoms with Crippen LogP contribution in [0.25, 0.3) is 0 Å². The zero-order valence-electron chi connectivity index (χ0n) is 7.94. The van der Waals surface area contributed by atoms with E-state index in [2.05, 4.69) is 12.2 Å². The molecule has 0 radical (unpaired) electrons. The van der Waals surface area contributed by atoms with Crippen molar-refractivity contribution in [2.75, 3.05) is 32.2 Å². The number of halogens is 1. The van der Waals surface area contributed by atoms with Gasteiger partial charge in [0.05, 0.1) is 6.61 Å². The van der Waals surface area contributed by atoms with Gasteiger partial charge in [-0.15, -0.1) is 11.6 Å². The van der Waals surface area contributed by atoms with E-state index in [1.165, 1.54) is 12.8 Å². The van der Waals surface area contributed by atoms with Crippen LogP contribution < -0.4 is 5.32 Å². The largest absolute Gasteiger partial charge is 0.380 e. The van der Waals surface area contributed by atoms with Crippen LogP contribution in [-0.4, -0.2) is 32.2 Å². The molecule has 0 bridgehead atoms. The highest BCUT2D eigenvalue weighted by Gasteiger charge is 1.88. The monoisotopic (exact) mass is 193 g/mol. The fraction of sp³-hybridized carbons (Fsp3) is 1.00. The summed E-state index contributed by atoms with van der Waals surface area (Å²) in [5.41, 5.74) is 0. The molecule has 0 saturated heterocycles. The number of ether oxygens (including phenoxy) is 1. The van der Waals surface area contributed by atoms with Crippen molar-refractivity contribution in [3.63, 3.8) is 0 Å². The van der Waals surface area contributed by atoms with Crippen LogP contribution in [-0.2, 0) is 4.74 Å². The van der Waals surface area contributed by atoms with E-state index < -0.39 is 0 Å². The molecule has 0 atom stereocenters. The molecule has 0 aliphatic heterocycles. The Balaban J connectivity index is 2.73. The summed E-state index contributed by atoms with van der Waals surface area (Å²) in [6, 6.07) is 0. The van der Waals surface area contributed by atoms with Gasteiger partial charge in [0.25, 0.3) is 0 Å². The minimum absolute atomic E-state index is 0.740. The molecule has 12 heavy (non-hydrogen) atoms. The van der Waals surface area contributed by atoms with Gasteiger partial charge < -0.3 is 10.1 Å². The summed E-state index contributed by atoms with van der Waals surface area (Å²) in [6.07, 6.45) is 3.41. The summed E-state index contributed by atoms with van der Waals surface area (Å²) < 4.78 is 5.36. The summed E-state index contributed by atoms with van der Waals surface area (Å²) in [6.45, 7) is 5.83. The summed E-state index contributed by atoms with van der Waals surface area (Å²) in [5, 5.41) is 3.25. The average molecular weight is 194 g/mol. The van der Waals surface area contributed by atoms with Gasteiger partial charge in [0.15, 0.2) is 0 Å². The van der Waals surface area contributed by atoms with Crippen molar-refractivity contribution in [3.05, 3.63) is 0 Å². The van der Waals surface area contributed by atoms with Crippen molar-refractivity contribution in [1.82, 2.24) is 5.32 Å². The van der Waals surface area contributed by atoms with Gasteiger partial charge >= 0.3 is 0 Å². The highest BCUT2D eigenvalue weighted by molar-refractivity contribution is 6.17. The lowest BCUT2D eigenvalue weighted by molar-refractivity contribution is 0.133. The third-order valence-electron chi connectivity index (χ3n) is 1.55. The van der Waals surface area contributed by atoms with Gasteiger partial charge in [-0.3, -0.25) is 0 Å². The first-order valence-corrected chi connectivity index (χ1v) is 5.29. The number of nitrogens with one attached hydrogen (secondary N) is 1. The third-order valence-corrected chi connectivity index (χ3v) is 1.82. The van der Waals surface area contributed by atoms with Gasteiger partial charge in [0.2, 0.25) is 0 Å². The second-order valence-electron chi connectivity index (χ2n) is 2.76. The lowest BCUT2D eigenvalue weighted by Gasteiger charge is -2.04. The summed E-state index contributed by atoms with van der Waals surface area (Å²) >= 11 is 5.51. The average Bonchev–Trinajstić information content (AvgIpc) is 2.10. The van der Waals surface area contributed by atoms with Crippen molar-refractivity contribution in [2.24, 2.45) is 0 Å². The van der Waals surface area contributed by atoms with Gasteiger partial charge in [-0.1, -0.05) is 13.3 Å². The normalized spacial score (nSPS) is 10.5. The number of rotatable bonds is 9. The van der Waals surface area contributed by atoms with Crippen LogP contribution in [0.5, 0.6) is 0 Å². The molecule has 0 saturated carbocycles. The van der Waals surface area contributed by atoms with Crippen LogP contribution in [0.2, 0.25) is 0 Å². The van der Waals surface area contributed by atoms with E-state index in [1.54, 1.807) is 0 Å². The molecular formula is C9H20ClNO. The summed E-state index contributed by atoms with van der Waals surface area (Å²) in [7, 11) is 0. The number of unbranched alkanes of at least 4 members (excludes halogenated alkanes) is 1. The van der Waals surface area contributed by atoms with Crippen LogP contribution in [0, 0.1) is 0 Å². The Bertz CT molecular complexity index is 70.9. The standard InChI is InChI=1S/C9H20ClNO/c1-2-3-8-12-9-7-11-6-4-5-10/h11H,2-9H2,1H3. The highest BCUT2D eigenvalue weighted by atomic mass is 35.5. The van der Waals surface area contributed by atoms with Crippen molar-refractivity contribution < 1.29 is 4.74 Å². The molecule has 0 amide bonds. The maximum Gasteiger partial charge on any atom is 0.0590 e. The van der Waals surface area contributed by atoms with E-state index in [0.717, 1.165) is 38.6 Å². The molecule has 1 N–H and O–H groups in total. The van der Waals surface area contributed by atoms with E-state index in [9.17, 15) is 0 Å². The molecule has 0 aliphatic rings. The summed E-state index contributed by atoms with van der Waals surface area (Å²) in [4.78, 5) is 0. The van der Waals surface area contributed by atoms with Crippen LogP contribution in [0.1, 0.15) is 26.2 Å². The first-order chi connectivity index (χ1) is 5.91. The van der Waals surface area contributed by atoms with Gasteiger partial charge in [-0.2, -0.15) is 0 Å². The Hall–Kier alpha value is 0.210. The molecule has 0 unspecified atom stereocenters. The molecule has 3 heteroatoms. The van der Waals surface area contributed by atoms with E-state index >= 15 is 0 Å². The van der Waals surface area contributed by atoms with Crippen LogP contribution in [0.15, 0.2) is 0 Å². The zero-order valence-corrected chi connectivity index (χ0v) is 8.70. The quantitative estimate of drug-likeness (QED) is 0.447. The molecule has 0 heterocycles. The van der Waals surface area contributed by atoms with Crippen LogP contribution >= 0.6 is 11.6 Å². The fourth-order valence-electron chi connectivity index (χ4n) is 0.810. The molecule has 0 aromatic carbocycles. The molecule has 0 fully saturated rings. The Labute approximate surface area is 80.6 Å². The Kier molecular flexibility index (Phi) is 11.4. The molecule has 0 aromatic heterocycles. The van der Waals surface area contributed by atoms with Crippen LogP contribution in [0.3, 0.4) is 0 Å². The molecule has 74 valence electrons. The Morgan fingerprint density at radius 3 is 2.67 bits per heavy atom. The lowest BCUT2D eigenvalue weighted by Crippen LogP contribution is -2.21. The molecule has 0 rings (SSSR count). The van der Waals surface area contributed by atoms with E-state index in [4.69, 9.17) is 16.3 Å². The summed E-state index contributed by atoms with van der Waals surface area (Å²) in [5.74, 6) is 0.740. The smallest absolute Gasteiger partial charge is 0.0590 e. The number of alkyl halides is 1. The first kappa shape index (κ1) is 12.2. The second-order valence-corrected chi connectivity index (χ2v) is 3.14. The minimum atomic E-state index is 0.740. The third kappa shape index (κ3) is 10.2. The van der Waals surface area contributed by atoms with Crippen molar-refractivity contribution in [2.45, 2.75) is 26.2 Å². The minimum Gasteiger partial charge on any atom is -0.380 e. The number of hydrogen-bond donors (Lipinski definition) is 1.